The highest BCUT2D eigenvalue weighted by Gasteiger charge is 2.61. The lowest BCUT2D eigenvalue weighted by atomic mass is 9.64. The van der Waals surface area contributed by atoms with E-state index in [1.165, 1.54) is 0 Å². The van der Waals surface area contributed by atoms with Gasteiger partial charge in [0.1, 0.15) is 11.2 Å². The monoisotopic (exact) mass is 397 g/mol. The summed E-state index contributed by atoms with van der Waals surface area (Å²) >= 11 is 0. The molecule has 0 saturated heterocycles. The molecule has 1 unspecified atom stereocenters. The van der Waals surface area contributed by atoms with Gasteiger partial charge in [0, 0.05) is 28.1 Å². The van der Waals surface area contributed by atoms with Crippen LogP contribution >= 0.6 is 0 Å². The van der Waals surface area contributed by atoms with Crippen molar-refractivity contribution in [2.24, 2.45) is 0 Å². The van der Waals surface area contributed by atoms with Gasteiger partial charge in [0.05, 0.1) is 11.1 Å². The van der Waals surface area contributed by atoms with E-state index in [-0.39, 0.29) is 22.8 Å². The molecular formula is C23H15N3O4. The minimum absolute atomic E-state index is 0.0463. The molecule has 7 heteroatoms. The fraction of sp³-hybridized carbons (Fsp3) is 0.130. The van der Waals surface area contributed by atoms with Crippen molar-refractivity contribution in [3.63, 3.8) is 0 Å². The molecule has 7 nitrogen and oxygen atoms in total. The lowest BCUT2D eigenvalue weighted by Crippen LogP contribution is -2.47. The fourth-order valence-corrected chi connectivity index (χ4v) is 4.86. The van der Waals surface area contributed by atoms with Crippen molar-refractivity contribution >= 4 is 28.9 Å². The van der Waals surface area contributed by atoms with Crippen LogP contribution in [0.1, 0.15) is 38.3 Å². The Morgan fingerprint density at radius 2 is 1.73 bits per heavy atom. The van der Waals surface area contributed by atoms with E-state index >= 15 is 0 Å². The molecule has 3 aliphatic rings. The highest BCUT2D eigenvalue weighted by Crippen LogP contribution is 2.57. The van der Waals surface area contributed by atoms with Crippen LogP contribution in [-0.4, -0.2) is 27.7 Å². The second kappa shape index (κ2) is 5.33. The van der Waals surface area contributed by atoms with Gasteiger partial charge in [-0.2, -0.15) is 0 Å². The van der Waals surface area contributed by atoms with Crippen molar-refractivity contribution in [2.75, 3.05) is 5.32 Å². The zero-order chi connectivity index (χ0) is 20.8. The standard InChI is InChI=1S/C23H15N3O4/c1-10-7-8-15-14(9-10)23(22(29)24-15)16-11(2)25-26-21(16)30-20-13-6-4-3-5-12(13)18(27)19(28)17(20)23/h3-9H,1-2H3,(H,24,29)(H,25,26). The highest BCUT2D eigenvalue weighted by atomic mass is 16.5. The van der Waals surface area contributed by atoms with Crippen LogP contribution in [0, 0.1) is 13.8 Å². The van der Waals surface area contributed by atoms with Crippen LogP contribution in [0.25, 0.3) is 5.76 Å². The molecule has 0 radical (unpaired) electrons. The van der Waals surface area contributed by atoms with Gasteiger partial charge < -0.3 is 10.1 Å². The van der Waals surface area contributed by atoms with E-state index < -0.39 is 22.9 Å². The van der Waals surface area contributed by atoms with E-state index in [1.807, 2.05) is 25.1 Å². The summed E-state index contributed by atoms with van der Waals surface area (Å²) < 4.78 is 6.07. The predicted molar refractivity (Wildman–Crippen MR) is 107 cm³/mol. The van der Waals surface area contributed by atoms with Gasteiger partial charge in [0.25, 0.3) is 0 Å². The van der Waals surface area contributed by atoms with Gasteiger partial charge >= 0.3 is 0 Å². The van der Waals surface area contributed by atoms with Gasteiger partial charge in [-0.3, -0.25) is 19.5 Å². The number of aromatic nitrogens is 2. The number of rotatable bonds is 0. The number of amides is 1. The molecule has 1 aromatic heterocycles. The zero-order valence-corrected chi connectivity index (χ0v) is 16.1. The maximum absolute atomic E-state index is 13.6. The molecule has 146 valence electrons. The third kappa shape index (κ3) is 1.76. The Kier molecular flexibility index (Phi) is 3.00. The lowest BCUT2D eigenvalue weighted by Gasteiger charge is -2.37. The number of hydrogen-bond donors (Lipinski definition) is 2. The molecule has 0 fully saturated rings. The quantitative estimate of drug-likeness (QED) is 0.568. The molecule has 3 heterocycles. The third-order valence-electron chi connectivity index (χ3n) is 6.11. The summed E-state index contributed by atoms with van der Waals surface area (Å²) in [6.07, 6.45) is 0. The number of anilines is 1. The van der Waals surface area contributed by atoms with E-state index in [4.69, 9.17) is 4.74 Å². The van der Waals surface area contributed by atoms with Gasteiger partial charge in [0.2, 0.25) is 23.4 Å². The second-order valence-electron chi connectivity index (χ2n) is 7.79. The summed E-state index contributed by atoms with van der Waals surface area (Å²) in [4.78, 5) is 40.2. The summed E-state index contributed by atoms with van der Waals surface area (Å²) in [5.74, 6) is -1.35. The SMILES string of the molecule is Cc1ccc2c(c1)C1(C(=O)N2)C2=C(Oc3n[nH]c(C)c31)c1ccccc1C(=O)C2=O. The number of ketones is 2. The molecule has 1 atom stereocenters. The summed E-state index contributed by atoms with van der Waals surface area (Å²) in [5.41, 5.74) is 2.48. The van der Waals surface area contributed by atoms with Crippen molar-refractivity contribution in [2.45, 2.75) is 19.3 Å². The maximum Gasteiger partial charge on any atom is 0.244 e. The van der Waals surface area contributed by atoms with Crippen molar-refractivity contribution < 1.29 is 19.1 Å². The van der Waals surface area contributed by atoms with Crippen LogP contribution in [0.3, 0.4) is 0 Å². The van der Waals surface area contributed by atoms with E-state index in [0.29, 0.717) is 28.1 Å². The summed E-state index contributed by atoms with van der Waals surface area (Å²) in [7, 11) is 0. The molecule has 2 N–H and O–H groups in total. The van der Waals surface area contributed by atoms with Crippen LogP contribution in [0.4, 0.5) is 5.69 Å². The zero-order valence-electron chi connectivity index (χ0n) is 16.1. The number of ether oxygens (including phenoxy) is 1. The maximum atomic E-state index is 13.6. The number of hydrogen-bond acceptors (Lipinski definition) is 5. The molecule has 2 aliphatic heterocycles. The molecule has 1 amide bonds. The highest BCUT2D eigenvalue weighted by molar-refractivity contribution is 6.54. The number of nitrogens with one attached hydrogen (secondary N) is 2. The van der Waals surface area contributed by atoms with Crippen LogP contribution in [0.2, 0.25) is 0 Å². The van der Waals surface area contributed by atoms with Crippen LogP contribution in [-0.2, 0) is 15.0 Å². The number of benzene rings is 2. The molecule has 30 heavy (non-hydrogen) atoms. The van der Waals surface area contributed by atoms with Gasteiger partial charge in [-0.05, 0) is 19.9 Å². The molecule has 1 aliphatic carbocycles. The number of carbonyl (C=O) groups excluding carboxylic acids is 3. The molecule has 0 saturated carbocycles. The van der Waals surface area contributed by atoms with Crippen molar-refractivity contribution in [1.29, 1.82) is 0 Å². The third-order valence-corrected chi connectivity index (χ3v) is 6.11. The normalized spacial score (nSPS) is 21.1. The Hall–Kier alpha value is -4.00. The predicted octanol–water partition coefficient (Wildman–Crippen LogP) is 2.83. The molecule has 1 spiro atoms. The summed E-state index contributed by atoms with van der Waals surface area (Å²) in [6.45, 7) is 3.68. The van der Waals surface area contributed by atoms with Gasteiger partial charge in [-0.15, -0.1) is 5.10 Å². The van der Waals surface area contributed by atoms with Crippen LogP contribution < -0.4 is 10.1 Å². The Balaban J connectivity index is 1.82. The number of Topliss-reactive ketones (excluding diaryl/α,β-unsaturated/α-hetero) is 2. The first-order chi connectivity index (χ1) is 14.4. The number of H-pyrrole nitrogens is 1. The minimum atomic E-state index is -1.51. The number of aryl methyl sites for hydroxylation is 2. The first-order valence-electron chi connectivity index (χ1n) is 9.53. The molecule has 3 aromatic rings. The average molecular weight is 397 g/mol. The lowest BCUT2D eigenvalue weighted by molar-refractivity contribution is -0.121. The van der Waals surface area contributed by atoms with Crippen LogP contribution in [0.5, 0.6) is 5.88 Å². The number of aromatic amines is 1. The van der Waals surface area contributed by atoms with Crippen molar-refractivity contribution in [1.82, 2.24) is 10.2 Å². The van der Waals surface area contributed by atoms with E-state index in [0.717, 1.165) is 5.56 Å². The van der Waals surface area contributed by atoms with Crippen molar-refractivity contribution in [3.05, 3.63) is 81.5 Å². The average Bonchev–Trinajstić information content (AvgIpc) is 3.24. The van der Waals surface area contributed by atoms with Gasteiger partial charge in [-0.25, -0.2) is 0 Å². The van der Waals surface area contributed by atoms with E-state index in [9.17, 15) is 14.4 Å². The Morgan fingerprint density at radius 1 is 0.967 bits per heavy atom. The fourth-order valence-electron chi connectivity index (χ4n) is 4.86. The number of fused-ring (bicyclic) bond motifs is 7. The van der Waals surface area contributed by atoms with Gasteiger partial charge in [-0.1, -0.05) is 42.0 Å². The Morgan fingerprint density at radius 3 is 2.53 bits per heavy atom. The van der Waals surface area contributed by atoms with E-state index in [2.05, 4.69) is 15.5 Å². The van der Waals surface area contributed by atoms with E-state index in [1.54, 1.807) is 31.2 Å². The van der Waals surface area contributed by atoms with Crippen LogP contribution in [0.15, 0.2) is 48.0 Å². The summed E-state index contributed by atoms with van der Waals surface area (Å²) in [5, 5.41) is 10.0. The topological polar surface area (TPSA) is 101 Å². The molecule has 0 bridgehead atoms. The number of carbonyl (C=O) groups is 3. The first kappa shape index (κ1) is 16.9. The summed E-state index contributed by atoms with van der Waals surface area (Å²) in [6, 6.07) is 12.3. The molecule has 2 aromatic carbocycles. The first-order valence-corrected chi connectivity index (χ1v) is 9.53. The largest absolute Gasteiger partial charge is 0.436 e. The second-order valence-corrected chi connectivity index (χ2v) is 7.79. The molecule has 6 rings (SSSR count). The molecular weight excluding hydrogens is 382 g/mol. The Bertz CT molecular complexity index is 1380. The Labute approximate surface area is 170 Å². The smallest absolute Gasteiger partial charge is 0.244 e. The van der Waals surface area contributed by atoms with Gasteiger partial charge in [0.15, 0.2) is 0 Å². The number of nitrogens with zero attached hydrogens (tertiary/aromatic N) is 1. The minimum Gasteiger partial charge on any atom is -0.436 e. The van der Waals surface area contributed by atoms with Crippen molar-refractivity contribution in [3.8, 4) is 5.88 Å².